The van der Waals surface area contributed by atoms with E-state index in [0.717, 1.165) is 12.2 Å². The quantitative estimate of drug-likeness (QED) is 0.608. The van der Waals surface area contributed by atoms with Crippen LogP contribution in [0.25, 0.3) is 0 Å². The number of nitrogens with zero attached hydrogens (tertiary/aromatic N) is 2. The van der Waals surface area contributed by atoms with E-state index in [9.17, 15) is 0 Å². The minimum absolute atomic E-state index is 0.407. The molecule has 1 N–H and O–H groups in total. The maximum atomic E-state index is 4.34. The van der Waals surface area contributed by atoms with Gasteiger partial charge >= 0.3 is 0 Å². The molecule has 0 aliphatic heterocycles. The van der Waals surface area contributed by atoms with Gasteiger partial charge in [-0.1, -0.05) is 58.8 Å². The number of hydrogen-bond acceptors (Lipinski definition) is 4. The normalized spacial score (nSPS) is 12.8. The lowest BCUT2D eigenvalue weighted by Gasteiger charge is -2.14. The Kier molecular flexibility index (Phi) is 9.04. The van der Waals surface area contributed by atoms with Gasteiger partial charge in [0.1, 0.15) is 0 Å². The van der Waals surface area contributed by atoms with Gasteiger partial charge in [-0.15, -0.1) is 0 Å². The van der Waals surface area contributed by atoms with Gasteiger partial charge < -0.3 is 5.32 Å². The van der Waals surface area contributed by atoms with E-state index >= 15 is 0 Å². The molecule has 0 aromatic carbocycles. The van der Waals surface area contributed by atoms with Crippen molar-refractivity contribution in [1.29, 1.82) is 0 Å². The number of rotatable bonds is 11. The molecule has 3 nitrogen and oxygen atoms in total. The summed E-state index contributed by atoms with van der Waals surface area (Å²) >= 11 is 1.31. The maximum Gasteiger partial charge on any atom is 0.0912 e. The van der Waals surface area contributed by atoms with Gasteiger partial charge in [-0.3, -0.25) is 0 Å². The van der Waals surface area contributed by atoms with Crippen LogP contribution in [0.2, 0.25) is 0 Å². The molecule has 1 rings (SSSR count). The monoisotopic (exact) mass is 269 g/mol. The molecule has 1 heterocycles. The number of hydrogen-bond donors (Lipinski definition) is 1. The zero-order chi connectivity index (χ0) is 13.1. The lowest BCUT2D eigenvalue weighted by molar-refractivity contribution is 0.469. The SMILES string of the molecule is CCCCCCCCCC(NCC)c1cnsn1. The molecule has 0 spiro atoms. The lowest BCUT2D eigenvalue weighted by Crippen LogP contribution is -2.21. The Bertz CT molecular complexity index is 275. The summed E-state index contributed by atoms with van der Waals surface area (Å²) in [6.07, 6.45) is 12.6. The Morgan fingerprint density at radius 2 is 1.83 bits per heavy atom. The van der Waals surface area contributed by atoms with Gasteiger partial charge in [-0.2, -0.15) is 8.75 Å². The van der Waals surface area contributed by atoms with Gasteiger partial charge in [0, 0.05) is 0 Å². The van der Waals surface area contributed by atoms with E-state index in [4.69, 9.17) is 0 Å². The highest BCUT2D eigenvalue weighted by Gasteiger charge is 2.12. The molecule has 1 atom stereocenters. The van der Waals surface area contributed by atoms with Crippen LogP contribution >= 0.6 is 11.7 Å². The van der Waals surface area contributed by atoms with Crippen LogP contribution in [0.5, 0.6) is 0 Å². The molecule has 0 saturated heterocycles. The highest BCUT2D eigenvalue weighted by molar-refractivity contribution is 6.99. The van der Waals surface area contributed by atoms with Crippen molar-refractivity contribution >= 4 is 11.7 Å². The van der Waals surface area contributed by atoms with Crippen molar-refractivity contribution in [3.8, 4) is 0 Å². The fraction of sp³-hybridized carbons (Fsp3) is 0.857. The molecule has 104 valence electrons. The van der Waals surface area contributed by atoms with Gasteiger partial charge in [0.05, 0.1) is 29.7 Å². The van der Waals surface area contributed by atoms with Gasteiger partial charge in [0.2, 0.25) is 0 Å². The first-order chi connectivity index (χ1) is 8.88. The molecule has 0 aliphatic carbocycles. The average Bonchev–Trinajstić information content (AvgIpc) is 2.90. The summed E-state index contributed by atoms with van der Waals surface area (Å²) in [7, 11) is 0. The zero-order valence-electron chi connectivity index (χ0n) is 11.8. The molecule has 0 fully saturated rings. The van der Waals surface area contributed by atoms with E-state index in [2.05, 4.69) is 27.9 Å². The molecular weight excluding hydrogens is 242 g/mol. The lowest BCUT2D eigenvalue weighted by atomic mass is 10.0. The van der Waals surface area contributed by atoms with Crippen molar-refractivity contribution in [1.82, 2.24) is 14.1 Å². The fourth-order valence-corrected chi connectivity index (χ4v) is 2.70. The molecular formula is C14H27N3S. The molecule has 0 bridgehead atoms. The van der Waals surface area contributed by atoms with Gasteiger partial charge in [-0.05, 0) is 13.0 Å². The summed E-state index contributed by atoms with van der Waals surface area (Å²) in [6, 6.07) is 0.407. The van der Waals surface area contributed by atoms with E-state index in [0.29, 0.717) is 6.04 Å². The first-order valence-electron chi connectivity index (χ1n) is 7.39. The predicted molar refractivity (Wildman–Crippen MR) is 78.9 cm³/mol. The topological polar surface area (TPSA) is 37.8 Å². The van der Waals surface area contributed by atoms with Crippen LogP contribution in [0.15, 0.2) is 6.20 Å². The number of nitrogens with one attached hydrogen (secondary N) is 1. The number of aromatic nitrogens is 2. The second-order valence-corrected chi connectivity index (χ2v) is 5.41. The molecule has 0 amide bonds. The third-order valence-corrected chi connectivity index (χ3v) is 3.77. The molecule has 1 unspecified atom stereocenters. The second-order valence-electron chi connectivity index (χ2n) is 4.85. The van der Waals surface area contributed by atoms with Crippen LogP contribution < -0.4 is 5.32 Å². The Morgan fingerprint density at radius 3 is 2.44 bits per heavy atom. The van der Waals surface area contributed by atoms with Crippen molar-refractivity contribution in [2.45, 2.75) is 71.3 Å². The molecule has 0 saturated carbocycles. The standard InChI is InChI=1S/C14H27N3S/c1-3-5-6-7-8-9-10-11-13(15-4-2)14-12-16-18-17-14/h12-13,15H,3-11H2,1-2H3. The van der Waals surface area contributed by atoms with Crippen LogP contribution in [0.3, 0.4) is 0 Å². The van der Waals surface area contributed by atoms with Crippen molar-refractivity contribution in [3.63, 3.8) is 0 Å². The Hall–Kier alpha value is -0.480. The van der Waals surface area contributed by atoms with Gasteiger partial charge in [0.15, 0.2) is 0 Å². The van der Waals surface area contributed by atoms with E-state index in [1.165, 1.54) is 63.1 Å². The predicted octanol–water partition coefficient (Wildman–Crippen LogP) is 4.33. The van der Waals surface area contributed by atoms with Crippen LogP contribution in [-0.2, 0) is 0 Å². The van der Waals surface area contributed by atoms with E-state index in [1.54, 1.807) is 0 Å². The first kappa shape index (κ1) is 15.6. The molecule has 0 radical (unpaired) electrons. The summed E-state index contributed by atoms with van der Waals surface area (Å²) in [4.78, 5) is 0. The van der Waals surface area contributed by atoms with Crippen molar-refractivity contribution in [3.05, 3.63) is 11.9 Å². The highest BCUT2D eigenvalue weighted by atomic mass is 32.1. The van der Waals surface area contributed by atoms with Gasteiger partial charge in [-0.25, -0.2) is 0 Å². The molecule has 4 heteroatoms. The summed E-state index contributed by atoms with van der Waals surface area (Å²) in [6.45, 7) is 5.42. The molecule has 18 heavy (non-hydrogen) atoms. The average molecular weight is 269 g/mol. The summed E-state index contributed by atoms with van der Waals surface area (Å²) < 4.78 is 8.44. The van der Waals surface area contributed by atoms with Crippen LogP contribution in [0.4, 0.5) is 0 Å². The van der Waals surface area contributed by atoms with Crippen LogP contribution in [-0.4, -0.2) is 15.3 Å². The molecule has 0 aliphatic rings. The van der Waals surface area contributed by atoms with Gasteiger partial charge in [0.25, 0.3) is 0 Å². The summed E-state index contributed by atoms with van der Waals surface area (Å²) in [5, 5.41) is 3.50. The summed E-state index contributed by atoms with van der Waals surface area (Å²) in [5.74, 6) is 0. The molecule has 1 aromatic heterocycles. The third-order valence-electron chi connectivity index (χ3n) is 3.28. The van der Waals surface area contributed by atoms with E-state index in [1.807, 2.05) is 6.20 Å². The van der Waals surface area contributed by atoms with Crippen LogP contribution in [0.1, 0.15) is 76.9 Å². The minimum Gasteiger partial charge on any atom is -0.309 e. The Balaban J connectivity index is 2.11. The summed E-state index contributed by atoms with van der Waals surface area (Å²) in [5.41, 5.74) is 1.12. The molecule has 1 aromatic rings. The number of unbranched alkanes of at least 4 members (excludes halogenated alkanes) is 6. The fourth-order valence-electron chi connectivity index (χ4n) is 2.23. The maximum absolute atomic E-state index is 4.34. The van der Waals surface area contributed by atoms with E-state index < -0.39 is 0 Å². The van der Waals surface area contributed by atoms with Crippen molar-refractivity contribution in [2.75, 3.05) is 6.54 Å². The smallest absolute Gasteiger partial charge is 0.0912 e. The third kappa shape index (κ3) is 6.45. The van der Waals surface area contributed by atoms with Crippen molar-refractivity contribution < 1.29 is 0 Å². The Labute approximate surface area is 116 Å². The largest absolute Gasteiger partial charge is 0.309 e. The van der Waals surface area contributed by atoms with E-state index in [-0.39, 0.29) is 0 Å². The first-order valence-corrected chi connectivity index (χ1v) is 8.12. The van der Waals surface area contributed by atoms with Crippen molar-refractivity contribution in [2.24, 2.45) is 0 Å². The van der Waals surface area contributed by atoms with Crippen LogP contribution in [0, 0.1) is 0 Å². The minimum atomic E-state index is 0.407. The second kappa shape index (κ2) is 10.4. The zero-order valence-corrected chi connectivity index (χ0v) is 12.6. The highest BCUT2D eigenvalue weighted by Crippen LogP contribution is 2.19. The Morgan fingerprint density at radius 1 is 1.11 bits per heavy atom.